The van der Waals surface area contributed by atoms with Gasteiger partial charge < -0.3 is 15.2 Å². The number of nitrogens with one attached hydrogen (secondary N) is 1. The summed E-state index contributed by atoms with van der Waals surface area (Å²) in [4.78, 5) is 21.5. The maximum Gasteiger partial charge on any atom is 0.407 e. The van der Waals surface area contributed by atoms with Crippen molar-refractivity contribution in [2.75, 3.05) is 13.2 Å². The van der Waals surface area contributed by atoms with E-state index in [0.717, 1.165) is 0 Å². The molecule has 0 spiro atoms. The Labute approximate surface area is 114 Å². The summed E-state index contributed by atoms with van der Waals surface area (Å²) in [6, 6.07) is 6.42. The Morgan fingerprint density at radius 2 is 1.95 bits per heavy atom. The average Bonchev–Trinajstić information content (AvgIpc) is 2.66. The molecular formula is C12H11NO6S. The maximum atomic E-state index is 12.1. The van der Waals surface area contributed by atoms with Crippen LogP contribution in [0.5, 0.6) is 0 Å². The Balaban J connectivity index is 2.02. The van der Waals surface area contributed by atoms with Crippen molar-refractivity contribution in [2.45, 2.75) is 4.90 Å². The first kappa shape index (κ1) is 14.1. The third kappa shape index (κ3) is 2.80. The minimum Gasteiger partial charge on any atom is -0.480 e. The molecule has 1 amide bonds. The van der Waals surface area contributed by atoms with Crippen LogP contribution in [0.2, 0.25) is 0 Å². The second-order valence-corrected chi connectivity index (χ2v) is 5.95. The lowest BCUT2D eigenvalue weighted by Crippen LogP contribution is -2.30. The summed E-state index contributed by atoms with van der Waals surface area (Å²) < 4.78 is 28.9. The number of sulfone groups is 1. The smallest absolute Gasteiger partial charge is 0.407 e. The lowest BCUT2D eigenvalue weighted by atomic mass is 10.2. The van der Waals surface area contributed by atoms with Gasteiger partial charge in [-0.3, -0.25) is 4.79 Å². The highest BCUT2D eigenvalue weighted by Gasteiger charge is 2.29. The van der Waals surface area contributed by atoms with Crippen molar-refractivity contribution in [2.24, 2.45) is 0 Å². The molecule has 1 aromatic carbocycles. The Bertz CT molecular complexity index is 692. The molecule has 1 aromatic rings. The Kier molecular flexibility index (Phi) is 3.75. The molecule has 7 nitrogen and oxygen atoms in total. The van der Waals surface area contributed by atoms with E-state index in [1.807, 2.05) is 5.32 Å². The van der Waals surface area contributed by atoms with E-state index in [4.69, 9.17) is 5.11 Å². The van der Waals surface area contributed by atoms with Crippen molar-refractivity contribution < 1.29 is 27.9 Å². The monoisotopic (exact) mass is 297 g/mol. The van der Waals surface area contributed by atoms with Crippen LogP contribution in [0.15, 0.2) is 34.1 Å². The maximum absolute atomic E-state index is 12.1. The number of fused-ring (bicyclic) bond motifs is 1. The highest BCUT2D eigenvalue weighted by atomic mass is 32.2. The van der Waals surface area contributed by atoms with Crippen LogP contribution in [0.1, 0.15) is 5.56 Å². The third-order valence-corrected chi connectivity index (χ3v) is 4.48. The van der Waals surface area contributed by atoms with E-state index in [1.54, 1.807) is 18.2 Å². The van der Waals surface area contributed by atoms with Crippen molar-refractivity contribution in [3.63, 3.8) is 0 Å². The molecule has 1 aliphatic heterocycles. The van der Waals surface area contributed by atoms with E-state index in [-0.39, 0.29) is 9.80 Å². The lowest BCUT2D eigenvalue weighted by molar-refractivity contribution is -0.135. The fraction of sp³-hybridized carbons (Fsp3) is 0.167. The molecule has 106 valence electrons. The number of carboxylic acid groups (broad SMARTS) is 1. The van der Waals surface area contributed by atoms with E-state index in [9.17, 15) is 18.0 Å². The highest BCUT2D eigenvalue weighted by molar-refractivity contribution is 7.95. The molecule has 0 aliphatic carbocycles. The molecule has 1 aliphatic rings. The summed E-state index contributed by atoms with van der Waals surface area (Å²) in [7, 11) is -3.63. The van der Waals surface area contributed by atoms with E-state index in [0.29, 0.717) is 5.56 Å². The second-order valence-electron chi connectivity index (χ2n) is 3.98. The molecule has 1 heterocycles. The number of carboxylic acids is 1. The molecule has 0 bridgehead atoms. The number of benzene rings is 1. The van der Waals surface area contributed by atoms with Gasteiger partial charge in [-0.2, -0.15) is 0 Å². The lowest BCUT2D eigenvalue weighted by Gasteiger charge is -2.06. The van der Waals surface area contributed by atoms with E-state index < -0.39 is 35.1 Å². The summed E-state index contributed by atoms with van der Waals surface area (Å²) in [5.41, 5.74) is 0.539. The Morgan fingerprint density at radius 1 is 1.25 bits per heavy atom. The molecule has 2 N–H and O–H groups in total. The minimum atomic E-state index is -3.63. The van der Waals surface area contributed by atoms with Crippen molar-refractivity contribution in [1.82, 2.24) is 5.32 Å². The molecule has 2 rings (SSSR count). The van der Waals surface area contributed by atoms with Gasteiger partial charge in [-0.1, -0.05) is 18.2 Å². The van der Waals surface area contributed by atoms with Gasteiger partial charge in [-0.15, -0.1) is 0 Å². The van der Waals surface area contributed by atoms with Crippen LogP contribution in [-0.4, -0.2) is 38.7 Å². The average molecular weight is 297 g/mol. The summed E-state index contributed by atoms with van der Waals surface area (Å²) in [5.74, 6) is -1.22. The number of amides is 1. The summed E-state index contributed by atoms with van der Waals surface area (Å²) >= 11 is 0. The van der Waals surface area contributed by atoms with Gasteiger partial charge in [0.05, 0.1) is 9.80 Å². The first-order chi connectivity index (χ1) is 9.41. The van der Waals surface area contributed by atoms with Crippen LogP contribution in [0.25, 0.3) is 6.08 Å². The number of rotatable bonds is 4. The Hall–Kier alpha value is -2.35. The zero-order chi connectivity index (χ0) is 14.8. The molecule has 0 radical (unpaired) electrons. The number of carbonyl (C=O) groups is 2. The zero-order valence-corrected chi connectivity index (χ0v) is 11.0. The fourth-order valence-electron chi connectivity index (χ4n) is 1.69. The number of ether oxygens (including phenoxy) is 1. The minimum absolute atomic E-state index is 0.0378. The highest BCUT2D eigenvalue weighted by Crippen LogP contribution is 2.32. The number of alkyl carbamates (subject to hydrolysis) is 1. The van der Waals surface area contributed by atoms with Gasteiger partial charge in [0.1, 0.15) is 13.2 Å². The van der Waals surface area contributed by atoms with Gasteiger partial charge in [0.15, 0.2) is 0 Å². The van der Waals surface area contributed by atoms with Gasteiger partial charge in [0.25, 0.3) is 0 Å². The summed E-state index contributed by atoms with van der Waals surface area (Å²) in [6.07, 6.45) is 0.439. The van der Waals surface area contributed by atoms with Gasteiger partial charge in [-0.05, 0) is 17.7 Å². The van der Waals surface area contributed by atoms with Crippen LogP contribution in [0, 0.1) is 0 Å². The predicted octanol–water partition coefficient (Wildman–Crippen LogP) is 0.626. The van der Waals surface area contributed by atoms with Crippen molar-refractivity contribution in [3.8, 4) is 0 Å². The van der Waals surface area contributed by atoms with Gasteiger partial charge >= 0.3 is 12.1 Å². The fourth-order valence-corrected chi connectivity index (χ4v) is 3.17. The molecule has 0 fully saturated rings. The van der Waals surface area contributed by atoms with Crippen LogP contribution in [-0.2, 0) is 19.4 Å². The second kappa shape index (κ2) is 5.33. The standard InChI is InChI=1S/C12H11NO6S/c14-11(15)6-13-12(16)19-7-9-5-8-3-1-2-4-10(8)20(9,17)18/h1-5H,6-7H2,(H,13,16)(H,14,15). The molecule has 0 unspecified atom stereocenters. The summed E-state index contributed by atoms with van der Waals surface area (Å²) in [6.45, 7) is -1.03. The number of hydrogen-bond donors (Lipinski definition) is 2. The number of aliphatic carboxylic acids is 1. The van der Waals surface area contributed by atoms with Crippen LogP contribution in [0.4, 0.5) is 4.79 Å². The quantitative estimate of drug-likeness (QED) is 0.843. The molecule has 0 saturated carbocycles. The molecule has 0 saturated heterocycles. The molecule has 0 aromatic heterocycles. The van der Waals surface area contributed by atoms with Crippen LogP contribution >= 0.6 is 0 Å². The molecule has 0 atom stereocenters. The number of hydrogen-bond acceptors (Lipinski definition) is 5. The first-order valence-electron chi connectivity index (χ1n) is 5.58. The van der Waals surface area contributed by atoms with Crippen molar-refractivity contribution >= 4 is 28.0 Å². The molecule has 20 heavy (non-hydrogen) atoms. The zero-order valence-electron chi connectivity index (χ0n) is 10.2. The van der Waals surface area contributed by atoms with E-state index >= 15 is 0 Å². The Morgan fingerprint density at radius 3 is 2.60 bits per heavy atom. The van der Waals surface area contributed by atoms with E-state index in [1.165, 1.54) is 12.1 Å². The van der Waals surface area contributed by atoms with E-state index in [2.05, 4.69) is 4.74 Å². The molecule has 8 heteroatoms. The van der Waals surface area contributed by atoms with Crippen LogP contribution in [0.3, 0.4) is 0 Å². The van der Waals surface area contributed by atoms with Crippen molar-refractivity contribution in [3.05, 3.63) is 34.7 Å². The first-order valence-corrected chi connectivity index (χ1v) is 7.06. The topological polar surface area (TPSA) is 110 Å². The van der Waals surface area contributed by atoms with Crippen molar-refractivity contribution in [1.29, 1.82) is 0 Å². The van der Waals surface area contributed by atoms with Gasteiger partial charge in [-0.25, -0.2) is 13.2 Å². The molecular weight excluding hydrogens is 286 g/mol. The normalized spacial score (nSPS) is 15.1. The largest absolute Gasteiger partial charge is 0.480 e. The third-order valence-electron chi connectivity index (χ3n) is 2.60. The predicted molar refractivity (Wildman–Crippen MR) is 68.6 cm³/mol. The van der Waals surface area contributed by atoms with Gasteiger partial charge in [0.2, 0.25) is 9.84 Å². The number of carbonyl (C=O) groups excluding carboxylic acids is 1. The SMILES string of the molecule is O=C(O)CNC(=O)OCC1=Cc2ccccc2S1(=O)=O. The van der Waals surface area contributed by atoms with Gasteiger partial charge in [0, 0.05) is 0 Å². The van der Waals surface area contributed by atoms with Crippen LogP contribution < -0.4 is 5.32 Å². The summed E-state index contributed by atoms with van der Waals surface area (Å²) in [5, 5.41) is 10.3.